The minimum Gasteiger partial charge on any atom is -0.307 e. The van der Waals surface area contributed by atoms with Gasteiger partial charge < -0.3 is 5.32 Å². The van der Waals surface area contributed by atoms with Crippen molar-refractivity contribution in [3.05, 3.63) is 58.6 Å². The highest BCUT2D eigenvalue weighted by Gasteiger charge is 2.27. The van der Waals surface area contributed by atoms with Crippen LogP contribution in [-0.2, 0) is 0 Å². The second-order valence-corrected chi connectivity index (χ2v) is 7.50. The molecule has 0 spiro atoms. The summed E-state index contributed by atoms with van der Waals surface area (Å²) < 4.78 is 0. The lowest BCUT2D eigenvalue weighted by atomic mass is 10.3. The van der Waals surface area contributed by atoms with Gasteiger partial charge in [0.25, 0.3) is 0 Å². The third-order valence-corrected chi connectivity index (χ3v) is 5.18. The van der Waals surface area contributed by atoms with Crippen molar-refractivity contribution in [2.24, 2.45) is 4.99 Å². The van der Waals surface area contributed by atoms with E-state index in [1.165, 1.54) is 4.90 Å². The quantitative estimate of drug-likeness (QED) is 0.745. The minimum absolute atomic E-state index is 0.292. The first-order chi connectivity index (χ1) is 11.5. The van der Waals surface area contributed by atoms with Gasteiger partial charge in [-0.05, 0) is 30.3 Å². The van der Waals surface area contributed by atoms with Crippen LogP contribution in [0.3, 0.4) is 0 Å². The maximum Gasteiger partial charge on any atom is 0.332 e. The fourth-order valence-electron chi connectivity index (χ4n) is 2.22. The van der Waals surface area contributed by atoms with E-state index >= 15 is 0 Å². The Balaban J connectivity index is 1.92. The maximum atomic E-state index is 12.8. The van der Waals surface area contributed by atoms with Crippen LogP contribution in [0.25, 0.3) is 0 Å². The molecule has 1 N–H and O–H groups in total. The van der Waals surface area contributed by atoms with Gasteiger partial charge in [0.05, 0.1) is 22.3 Å². The van der Waals surface area contributed by atoms with E-state index in [1.54, 1.807) is 30.0 Å². The van der Waals surface area contributed by atoms with E-state index in [0.717, 1.165) is 0 Å². The predicted molar refractivity (Wildman–Crippen MR) is 104 cm³/mol. The molecule has 0 bridgehead atoms. The molecule has 0 aliphatic carbocycles. The van der Waals surface area contributed by atoms with Gasteiger partial charge in [-0.25, -0.2) is 9.69 Å². The van der Waals surface area contributed by atoms with Crippen LogP contribution in [0.5, 0.6) is 0 Å². The van der Waals surface area contributed by atoms with Crippen molar-refractivity contribution in [2.75, 3.05) is 16.8 Å². The Bertz CT molecular complexity index is 783. The van der Waals surface area contributed by atoms with Crippen LogP contribution in [0, 0.1) is 0 Å². The summed E-state index contributed by atoms with van der Waals surface area (Å²) in [7, 11) is 0. The topological polar surface area (TPSA) is 44.7 Å². The SMILES string of the molecule is C[C@H]1CN=C(N(C(=O)Nc2ccccc2)c2ccc(Cl)c(Cl)c2)S1. The molecule has 2 aromatic rings. The Labute approximate surface area is 154 Å². The molecule has 2 amide bonds. The first-order valence-corrected chi connectivity index (χ1v) is 9.00. The number of benzene rings is 2. The van der Waals surface area contributed by atoms with Gasteiger partial charge >= 0.3 is 6.03 Å². The van der Waals surface area contributed by atoms with Gasteiger partial charge in [0.1, 0.15) is 0 Å². The Hall–Kier alpha value is -1.69. The number of aliphatic imine (C=N–C) groups is 1. The van der Waals surface area contributed by atoms with Crippen LogP contribution in [0.4, 0.5) is 16.2 Å². The van der Waals surface area contributed by atoms with E-state index in [9.17, 15) is 4.79 Å². The van der Waals surface area contributed by atoms with Gasteiger partial charge in [0.2, 0.25) is 0 Å². The zero-order chi connectivity index (χ0) is 17.1. The second-order valence-electron chi connectivity index (χ2n) is 5.28. The van der Waals surface area contributed by atoms with E-state index < -0.39 is 0 Å². The number of para-hydroxylation sites is 1. The van der Waals surface area contributed by atoms with Crippen molar-refractivity contribution in [1.82, 2.24) is 0 Å². The average Bonchev–Trinajstić information content (AvgIpc) is 2.98. The lowest BCUT2D eigenvalue weighted by Gasteiger charge is -2.23. The molecular weight excluding hydrogens is 365 g/mol. The van der Waals surface area contributed by atoms with E-state index in [0.29, 0.717) is 38.4 Å². The predicted octanol–water partition coefficient (Wildman–Crippen LogP) is 5.52. The molecule has 0 unspecified atom stereocenters. The molecule has 24 heavy (non-hydrogen) atoms. The molecule has 1 aliphatic rings. The molecule has 0 radical (unpaired) electrons. The molecule has 0 fully saturated rings. The Morgan fingerprint density at radius 3 is 2.58 bits per heavy atom. The number of rotatable bonds is 2. The zero-order valence-electron chi connectivity index (χ0n) is 12.9. The summed E-state index contributed by atoms with van der Waals surface area (Å²) in [4.78, 5) is 18.9. The summed E-state index contributed by atoms with van der Waals surface area (Å²) in [6.07, 6.45) is 0. The van der Waals surface area contributed by atoms with Gasteiger partial charge in [-0.1, -0.05) is 60.1 Å². The lowest BCUT2D eigenvalue weighted by molar-refractivity contribution is 0.259. The molecule has 0 aromatic heterocycles. The summed E-state index contributed by atoms with van der Waals surface area (Å²) in [5.74, 6) is 0. The third-order valence-electron chi connectivity index (χ3n) is 3.37. The van der Waals surface area contributed by atoms with Crippen LogP contribution in [0.2, 0.25) is 10.0 Å². The van der Waals surface area contributed by atoms with Crippen LogP contribution in [0.15, 0.2) is 53.5 Å². The fraction of sp³-hybridized carbons (Fsp3) is 0.176. The molecule has 3 rings (SSSR count). The van der Waals surface area contributed by atoms with Crippen molar-refractivity contribution in [3.63, 3.8) is 0 Å². The third kappa shape index (κ3) is 3.86. The van der Waals surface area contributed by atoms with E-state index in [-0.39, 0.29) is 6.03 Å². The summed E-state index contributed by atoms with van der Waals surface area (Å²) in [6, 6.07) is 14.1. The molecule has 2 aromatic carbocycles. The number of halogens is 2. The number of hydrogen-bond donors (Lipinski definition) is 1. The van der Waals surface area contributed by atoms with Crippen LogP contribution in [-0.4, -0.2) is 23.0 Å². The van der Waals surface area contributed by atoms with Crippen LogP contribution < -0.4 is 10.2 Å². The van der Waals surface area contributed by atoms with Crippen molar-refractivity contribution in [3.8, 4) is 0 Å². The summed E-state index contributed by atoms with van der Waals surface area (Å²) in [5, 5.41) is 4.69. The molecule has 1 heterocycles. The molecule has 4 nitrogen and oxygen atoms in total. The zero-order valence-corrected chi connectivity index (χ0v) is 15.2. The molecule has 1 atom stereocenters. The largest absolute Gasteiger partial charge is 0.332 e. The van der Waals surface area contributed by atoms with Gasteiger partial charge in [-0.2, -0.15) is 0 Å². The van der Waals surface area contributed by atoms with Gasteiger partial charge in [0.15, 0.2) is 5.17 Å². The number of urea groups is 1. The van der Waals surface area contributed by atoms with Crippen LogP contribution in [0.1, 0.15) is 6.92 Å². The highest BCUT2D eigenvalue weighted by atomic mass is 35.5. The number of carbonyl (C=O) groups is 1. The Morgan fingerprint density at radius 2 is 1.96 bits per heavy atom. The normalized spacial score (nSPS) is 16.6. The average molecular weight is 380 g/mol. The van der Waals surface area contributed by atoms with Gasteiger partial charge in [-0.15, -0.1) is 0 Å². The first kappa shape index (κ1) is 17.1. The molecule has 0 saturated heterocycles. The highest BCUT2D eigenvalue weighted by Crippen LogP contribution is 2.32. The molecular formula is C17H15Cl2N3OS. The summed E-state index contributed by atoms with van der Waals surface area (Å²) >= 11 is 13.7. The maximum absolute atomic E-state index is 12.8. The monoisotopic (exact) mass is 379 g/mol. The number of amides is 2. The molecule has 124 valence electrons. The number of hydrogen-bond acceptors (Lipinski definition) is 3. The molecule has 1 aliphatic heterocycles. The first-order valence-electron chi connectivity index (χ1n) is 7.37. The second kappa shape index (κ2) is 7.47. The van der Waals surface area contributed by atoms with Gasteiger partial charge in [-0.3, -0.25) is 4.99 Å². The summed E-state index contributed by atoms with van der Waals surface area (Å²) in [6.45, 7) is 2.75. The standard InChI is InChI=1S/C17H15Cl2N3OS/c1-11-10-20-17(24-11)22(13-7-8-14(18)15(19)9-13)16(23)21-12-5-3-2-4-6-12/h2-9,11H,10H2,1H3,(H,21,23)/t11-/m0/s1. The Morgan fingerprint density at radius 1 is 1.21 bits per heavy atom. The van der Waals surface area contributed by atoms with Crippen molar-refractivity contribution in [2.45, 2.75) is 12.2 Å². The lowest BCUT2D eigenvalue weighted by Crippen LogP contribution is -2.38. The van der Waals surface area contributed by atoms with Gasteiger partial charge in [0, 0.05) is 10.9 Å². The number of anilines is 2. The van der Waals surface area contributed by atoms with E-state index in [4.69, 9.17) is 23.2 Å². The van der Waals surface area contributed by atoms with Crippen molar-refractivity contribution in [1.29, 1.82) is 0 Å². The fourth-order valence-corrected chi connectivity index (χ4v) is 3.47. The minimum atomic E-state index is -0.292. The Kier molecular flexibility index (Phi) is 5.33. The number of thioether (sulfide) groups is 1. The number of amidine groups is 1. The molecule has 7 heteroatoms. The number of nitrogens with zero attached hydrogens (tertiary/aromatic N) is 2. The van der Waals surface area contributed by atoms with Crippen molar-refractivity contribution < 1.29 is 4.79 Å². The molecule has 0 saturated carbocycles. The number of nitrogens with one attached hydrogen (secondary N) is 1. The highest BCUT2D eigenvalue weighted by molar-refractivity contribution is 8.15. The van der Waals surface area contributed by atoms with Crippen molar-refractivity contribution >= 4 is 57.5 Å². The number of carbonyl (C=O) groups excluding carboxylic acids is 1. The van der Waals surface area contributed by atoms with E-state index in [2.05, 4.69) is 17.2 Å². The smallest absolute Gasteiger partial charge is 0.307 e. The summed E-state index contributed by atoms with van der Waals surface area (Å²) in [5.41, 5.74) is 1.34. The van der Waals surface area contributed by atoms with E-state index in [1.807, 2.05) is 30.3 Å². The van der Waals surface area contributed by atoms with Crippen LogP contribution >= 0.6 is 35.0 Å².